The van der Waals surface area contributed by atoms with E-state index in [1.54, 1.807) is 0 Å². The number of rotatable bonds is 3. The van der Waals surface area contributed by atoms with E-state index in [-0.39, 0.29) is 34.8 Å². The predicted octanol–water partition coefficient (Wildman–Crippen LogP) is 3.25. The number of aromatic nitrogens is 4. The molecule has 0 bridgehead atoms. The van der Waals surface area contributed by atoms with E-state index in [4.69, 9.17) is 5.73 Å². The second-order valence-electron chi connectivity index (χ2n) is 7.35. The molecular weight excluding hydrogens is 411 g/mol. The lowest BCUT2D eigenvalue weighted by Gasteiger charge is -2.08. The van der Waals surface area contributed by atoms with Gasteiger partial charge in [0.05, 0.1) is 11.9 Å². The van der Waals surface area contributed by atoms with Crippen LogP contribution in [0.2, 0.25) is 0 Å². The Balaban J connectivity index is 1.60. The first-order valence-electron chi connectivity index (χ1n) is 9.31. The summed E-state index contributed by atoms with van der Waals surface area (Å²) in [4.78, 5) is 20.9. The zero-order chi connectivity index (χ0) is 21.9. The molecule has 31 heavy (non-hydrogen) atoms. The molecule has 156 valence electrons. The first-order valence-corrected chi connectivity index (χ1v) is 9.31. The van der Waals surface area contributed by atoms with Gasteiger partial charge < -0.3 is 10.8 Å². The molecule has 4 aromatic rings. The van der Waals surface area contributed by atoms with Gasteiger partial charge in [0.1, 0.15) is 23.7 Å². The van der Waals surface area contributed by atoms with Crippen LogP contribution in [0.3, 0.4) is 0 Å². The van der Waals surface area contributed by atoms with Crippen LogP contribution in [-0.2, 0) is 13.0 Å². The van der Waals surface area contributed by atoms with Crippen molar-refractivity contribution in [3.8, 4) is 17.0 Å². The number of hydrogen-bond acceptors (Lipinski definition) is 6. The second kappa shape index (κ2) is 6.79. The summed E-state index contributed by atoms with van der Waals surface area (Å²) in [6, 6.07) is 5.95. The number of anilines is 1. The zero-order valence-corrected chi connectivity index (χ0v) is 15.8. The number of Topliss-reactive ketones (excluding diaryl/α,β-unsaturated/α-hetero) is 1. The molecule has 2 aromatic carbocycles. The van der Waals surface area contributed by atoms with Gasteiger partial charge >= 0.3 is 0 Å². The van der Waals surface area contributed by atoms with Crippen molar-refractivity contribution in [2.75, 3.05) is 5.73 Å². The Kier molecular flexibility index (Phi) is 4.17. The van der Waals surface area contributed by atoms with Crippen molar-refractivity contribution in [2.24, 2.45) is 5.92 Å². The van der Waals surface area contributed by atoms with Crippen LogP contribution in [0.15, 0.2) is 36.7 Å². The lowest BCUT2D eigenvalue weighted by Crippen LogP contribution is -2.18. The maximum absolute atomic E-state index is 13.9. The van der Waals surface area contributed by atoms with Crippen molar-refractivity contribution in [1.29, 1.82) is 0 Å². The summed E-state index contributed by atoms with van der Waals surface area (Å²) in [7, 11) is 0. The summed E-state index contributed by atoms with van der Waals surface area (Å²) < 4.78 is 42.4. The van der Waals surface area contributed by atoms with E-state index in [0.717, 1.165) is 12.1 Å². The van der Waals surface area contributed by atoms with Gasteiger partial charge in [0.25, 0.3) is 0 Å². The number of phenolic OH excluding ortho intramolecular Hbond substituents is 1. The minimum absolute atomic E-state index is 0.0542. The summed E-state index contributed by atoms with van der Waals surface area (Å²) in [5.41, 5.74) is 7.57. The molecule has 1 aliphatic carbocycles. The fourth-order valence-corrected chi connectivity index (χ4v) is 3.98. The van der Waals surface area contributed by atoms with Gasteiger partial charge in [-0.1, -0.05) is 0 Å². The molecule has 0 saturated carbocycles. The van der Waals surface area contributed by atoms with Gasteiger partial charge in [0, 0.05) is 17.0 Å². The number of carbonyl (C=O) groups is 1. The zero-order valence-electron chi connectivity index (χ0n) is 15.8. The molecule has 0 spiro atoms. The maximum Gasteiger partial charge on any atom is 0.200 e. The van der Waals surface area contributed by atoms with Crippen molar-refractivity contribution in [3.63, 3.8) is 0 Å². The Labute approximate surface area is 173 Å². The third-order valence-corrected chi connectivity index (χ3v) is 5.40. The largest absolute Gasteiger partial charge is 0.505 e. The molecule has 1 unspecified atom stereocenters. The van der Waals surface area contributed by atoms with Crippen LogP contribution in [0.25, 0.3) is 22.3 Å². The molecule has 0 fully saturated rings. The number of fused-ring (bicyclic) bond motifs is 2. The maximum atomic E-state index is 13.9. The summed E-state index contributed by atoms with van der Waals surface area (Å²) in [5.74, 6) is -4.53. The number of nitrogens with zero attached hydrogens (tertiary/aromatic N) is 4. The van der Waals surface area contributed by atoms with Gasteiger partial charge in [-0.25, -0.2) is 23.4 Å². The van der Waals surface area contributed by atoms with Gasteiger partial charge in [-0.05, 0) is 42.3 Å². The molecule has 0 radical (unpaired) electrons. The summed E-state index contributed by atoms with van der Waals surface area (Å²) in [6.45, 7) is 0.109. The molecular formula is C21H14F3N5O2. The van der Waals surface area contributed by atoms with E-state index < -0.39 is 29.1 Å². The van der Waals surface area contributed by atoms with Gasteiger partial charge in [0.2, 0.25) is 0 Å². The number of phenols is 1. The van der Waals surface area contributed by atoms with E-state index in [1.807, 2.05) is 0 Å². The Morgan fingerprint density at radius 2 is 1.97 bits per heavy atom. The quantitative estimate of drug-likeness (QED) is 0.522. The fourth-order valence-electron chi connectivity index (χ4n) is 3.98. The highest BCUT2D eigenvalue weighted by atomic mass is 19.2. The molecule has 10 heteroatoms. The van der Waals surface area contributed by atoms with Crippen LogP contribution in [0.4, 0.5) is 19.0 Å². The summed E-state index contributed by atoms with van der Waals surface area (Å²) in [5, 5.41) is 14.4. The first-order chi connectivity index (χ1) is 14.8. The van der Waals surface area contributed by atoms with Crippen molar-refractivity contribution >= 4 is 22.6 Å². The van der Waals surface area contributed by atoms with Gasteiger partial charge in [-0.2, -0.15) is 9.49 Å². The SMILES string of the molecule is Nc1ncnc2c1c(-c1cc(O)c(F)c(F)c1)nn2CC1Cc2cc(F)ccc2C1=O. The molecule has 2 heterocycles. The van der Waals surface area contributed by atoms with E-state index >= 15 is 0 Å². The molecule has 1 aliphatic rings. The monoisotopic (exact) mass is 425 g/mol. The molecule has 2 aromatic heterocycles. The minimum atomic E-state index is -1.38. The third-order valence-electron chi connectivity index (χ3n) is 5.40. The van der Waals surface area contributed by atoms with E-state index in [9.17, 15) is 23.1 Å². The number of carbonyl (C=O) groups excluding carboxylic acids is 1. The molecule has 0 aliphatic heterocycles. The highest BCUT2D eigenvalue weighted by Crippen LogP contribution is 2.35. The smallest absolute Gasteiger partial charge is 0.200 e. The van der Waals surface area contributed by atoms with E-state index in [0.29, 0.717) is 23.2 Å². The summed E-state index contributed by atoms with van der Waals surface area (Å²) >= 11 is 0. The number of ketones is 1. The molecule has 5 rings (SSSR count). The Hall–Kier alpha value is -3.95. The lowest BCUT2D eigenvalue weighted by molar-refractivity contribution is 0.0923. The lowest BCUT2D eigenvalue weighted by atomic mass is 10.1. The van der Waals surface area contributed by atoms with Gasteiger partial charge in [-0.3, -0.25) is 4.79 Å². The topological polar surface area (TPSA) is 107 Å². The number of nitrogens with two attached hydrogens (primary N) is 1. The summed E-state index contributed by atoms with van der Waals surface area (Å²) in [6.07, 6.45) is 1.55. The Bertz CT molecular complexity index is 1360. The van der Waals surface area contributed by atoms with Crippen LogP contribution < -0.4 is 5.73 Å². The van der Waals surface area contributed by atoms with Crippen molar-refractivity contribution in [1.82, 2.24) is 19.7 Å². The average Bonchev–Trinajstić information content (AvgIpc) is 3.25. The first kappa shape index (κ1) is 19.0. The van der Waals surface area contributed by atoms with Crippen molar-refractivity contribution in [3.05, 3.63) is 65.2 Å². The minimum Gasteiger partial charge on any atom is -0.505 e. The van der Waals surface area contributed by atoms with Crippen LogP contribution in [-0.4, -0.2) is 30.6 Å². The fraction of sp³-hybridized carbons (Fsp3) is 0.143. The third kappa shape index (κ3) is 2.98. The van der Waals surface area contributed by atoms with Crippen LogP contribution >= 0.6 is 0 Å². The molecule has 0 saturated heterocycles. The molecule has 7 nitrogen and oxygen atoms in total. The number of nitrogen functional groups attached to an aromatic ring is 1. The number of aromatic hydroxyl groups is 1. The normalized spacial score (nSPS) is 15.6. The molecule has 3 N–H and O–H groups in total. The number of halogens is 3. The predicted molar refractivity (Wildman–Crippen MR) is 105 cm³/mol. The van der Waals surface area contributed by atoms with Crippen molar-refractivity contribution in [2.45, 2.75) is 13.0 Å². The molecule has 0 amide bonds. The van der Waals surface area contributed by atoms with E-state index in [1.165, 1.54) is 29.2 Å². The highest BCUT2D eigenvalue weighted by molar-refractivity contribution is 6.02. The van der Waals surface area contributed by atoms with Crippen LogP contribution in [0.5, 0.6) is 5.75 Å². The molecule has 1 atom stereocenters. The highest BCUT2D eigenvalue weighted by Gasteiger charge is 2.32. The van der Waals surface area contributed by atoms with Gasteiger partial charge in [0.15, 0.2) is 28.8 Å². The Morgan fingerprint density at radius 3 is 2.74 bits per heavy atom. The van der Waals surface area contributed by atoms with Crippen LogP contribution in [0.1, 0.15) is 15.9 Å². The standard InChI is InChI=1S/C21H14F3N5O2/c22-12-1-2-13-9(4-12)3-11(19(13)31)7-29-21-16(20(25)26-8-27-21)18(28-29)10-5-14(23)17(24)15(30)6-10/h1-2,4-6,8,11,30H,3,7H2,(H2,25,26,27). The number of hydrogen-bond donors (Lipinski definition) is 2. The van der Waals surface area contributed by atoms with Gasteiger partial charge in [-0.15, -0.1) is 0 Å². The van der Waals surface area contributed by atoms with E-state index in [2.05, 4.69) is 15.1 Å². The second-order valence-corrected chi connectivity index (χ2v) is 7.35. The Morgan fingerprint density at radius 1 is 1.16 bits per heavy atom. The average molecular weight is 425 g/mol. The van der Waals surface area contributed by atoms with Crippen molar-refractivity contribution < 1.29 is 23.1 Å². The van der Waals surface area contributed by atoms with Crippen LogP contribution in [0, 0.1) is 23.4 Å². The number of benzene rings is 2.